The van der Waals surface area contributed by atoms with E-state index in [4.69, 9.17) is 32.1 Å². The van der Waals surface area contributed by atoms with Crippen molar-refractivity contribution in [2.24, 2.45) is 0 Å². The molecule has 0 heterocycles. The number of hydrogen-bond donors (Lipinski definition) is 0. The van der Waals surface area contributed by atoms with E-state index in [9.17, 15) is 13.7 Å². The van der Waals surface area contributed by atoms with Crippen LogP contribution in [0, 0.1) is 11.3 Å². The van der Waals surface area contributed by atoms with Crippen LogP contribution in [0.1, 0.15) is 18.1 Å². The minimum Gasteiger partial charge on any atom is -0.490 e. The van der Waals surface area contributed by atoms with Gasteiger partial charge in [-0.2, -0.15) is 13.7 Å². The molecule has 0 aliphatic heterocycles. The van der Waals surface area contributed by atoms with Crippen LogP contribution in [0.3, 0.4) is 0 Å². The Bertz CT molecular complexity index is 1250. The summed E-state index contributed by atoms with van der Waals surface area (Å²) in [6, 6.07) is 19.5. The molecule has 3 aromatic rings. The van der Waals surface area contributed by atoms with Crippen LogP contribution in [-0.4, -0.2) is 15.0 Å². The molecule has 0 bridgehead atoms. The molecule has 0 unspecified atom stereocenters. The topological polar surface area (TPSA) is 76.4 Å². The van der Waals surface area contributed by atoms with Crippen molar-refractivity contribution in [1.82, 2.24) is 0 Å². The summed E-state index contributed by atoms with van der Waals surface area (Å²) in [5.74, 6) is 0.279. The van der Waals surface area contributed by atoms with Gasteiger partial charge in [-0.25, -0.2) is 0 Å². The van der Waals surface area contributed by atoms with Crippen LogP contribution in [-0.2, 0) is 10.1 Å². The van der Waals surface area contributed by atoms with Crippen molar-refractivity contribution >= 4 is 45.0 Å². The fraction of sp³-hybridized carbons (Fsp3) is 0.0870. The van der Waals surface area contributed by atoms with Crippen LogP contribution in [0.25, 0.3) is 11.6 Å². The van der Waals surface area contributed by atoms with Crippen LogP contribution >= 0.6 is 23.2 Å². The molecule has 0 N–H and O–H groups in total. The minimum atomic E-state index is -4.08. The average molecular weight is 474 g/mol. The third kappa shape index (κ3) is 5.80. The van der Waals surface area contributed by atoms with Gasteiger partial charge in [0.25, 0.3) is 0 Å². The van der Waals surface area contributed by atoms with Gasteiger partial charge in [0.2, 0.25) is 0 Å². The highest BCUT2D eigenvalue weighted by Crippen LogP contribution is 2.33. The lowest BCUT2D eigenvalue weighted by Crippen LogP contribution is -2.10. The van der Waals surface area contributed by atoms with E-state index < -0.39 is 10.1 Å². The number of rotatable bonds is 7. The quantitative estimate of drug-likeness (QED) is 0.231. The normalized spacial score (nSPS) is 11.6. The summed E-state index contributed by atoms with van der Waals surface area (Å²) in [6.07, 6.45) is 1.67. The molecule has 0 amide bonds. The highest BCUT2D eigenvalue weighted by Gasteiger charge is 2.19. The molecule has 158 valence electrons. The Hall–Kier alpha value is -2.98. The molecule has 0 spiro atoms. The van der Waals surface area contributed by atoms with Crippen molar-refractivity contribution in [3.05, 3.63) is 87.9 Å². The van der Waals surface area contributed by atoms with Gasteiger partial charge in [0, 0.05) is 10.0 Å². The van der Waals surface area contributed by atoms with E-state index in [0.29, 0.717) is 33.4 Å². The molecule has 0 radical (unpaired) electrons. The Labute approximate surface area is 191 Å². The first-order valence-corrected chi connectivity index (χ1v) is 11.3. The number of halogens is 2. The third-order valence-corrected chi connectivity index (χ3v) is 5.91. The largest absolute Gasteiger partial charge is 0.490 e. The molecule has 3 aromatic carbocycles. The Morgan fingerprint density at radius 3 is 2.16 bits per heavy atom. The van der Waals surface area contributed by atoms with Gasteiger partial charge < -0.3 is 8.92 Å². The van der Waals surface area contributed by atoms with Crippen LogP contribution in [0.4, 0.5) is 0 Å². The van der Waals surface area contributed by atoms with Crippen molar-refractivity contribution in [1.29, 1.82) is 5.26 Å². The van der Waals surface area contributed by atoms with Crippen LogP contribution < -0.4 is 8.92 Å². The summed E-state index contributed by atoms with van der Waals surface area (Å²) in [4.78, 5) is -0.0298. The molecule has 5 nitrogen and oxygen atoms in total. The maximum atomic E-state index is 12.6. The van der Waals surface area contributed by atoms with E-state index in [1.807, 2.05) is 0 Å². The second kappa shape index (κ2) is 9.88. The molecule has 0 aromatic heterocycles. The summed E-state index contributed by atoms with van der Waals surface area (Å²) >= 11 is 11.7. The third-order valence-electron chi connectivity index (χ3n) is 4.16. The number of benzene rings is 3. The summed E-state index contributed by atoms with van der Waals surface area (Å²) in [5, 5.41) is 10.5. The Morgan fingerprint density at radius 2 is 1.58 bits per heavy atom. The Kier molecular flexibility index (Phi) is 7.24. The van der Waals surface area contributed by atoms with Gasteiger partial charge in [-0.3, -0.25) is 0 Å². The highest BCUT2D eigenvalue weighted by molar-refractivity contribution is 7.87. The predicted octanol–water partition coefficient (Wildman–Crippen LogP) is 6.22. The van der Waals surface area contributed by atoms with Crippen LogP contribution in [0.5, 0.6) is 11.5 Å². The van der Waals surface area contributed by atoms with Gasteiger partial charge in [0.1, 0.15) is 4.90 Å². The molecule has 0 aliphatic carbocycles. The van der Waals surface area contributed by atoms with Crippen molar-refractivity contribution in [3.8, 4) is 17.6 Å². The summed E-state index contributed by atoms with van der Waals surface area (Å²) < 4.78 is 36.1. The number of nitrogens with zero attached hydrogens (tertiary/aromatic N) is 1. The summed E-state index contributed by atoms with van der Waals surface area (Å²) in [5.41, 5.74) is 1.77. The lowest BCUT2D eigenvalue weighted by atomic mass is 10.0. The zero-order valence-corrected chi connectivity index (χ0v) is 18.7. The summed E-state index contributed by atoms with van der Waals surface area (Å²) in [6.45, 7) is 2.07. The van der Waals surface area contributed by atoms with Gasteiger partial charge in [-0.15, -0.1) is 0 Å². The zero-order valence-electron chi connectivity index (χ0n) is 16.4. The van der Waals surface area contributed by atoms with Gasteiger partial charge in [0.05, 0.1) is 18.2 Å². The second-order valence-corrected chi connectivity index (χ2v) is 8.73. The number of nitriles is 1. The second-order valence-electron chi connectivity index (χ2n) is 6.31. The molecule has 0 saturated carbocycles. The average Bonchev–Trinajstić information content (AvgIpc) is 2.75. The zero-order chi connectivity index (χ0) is 22.4. The standard InChI is InChI=1S/C23H17Cl2NO4S/c1-2-29-23-14-16(13-18(15-26)17-4-6-19(24)7-5-17)3-12-22(23)30-31(27,28)21-10-8-20(25)9-11-21/h3-14H,2H2,1H3/b18-13+. The maximum Gasteiger partial charge on any atom is 0.339 e. The van der Waals surface area contributed by atoms with Gasteiger partial charge in [-0.05, 0) is 72.7 Å². The van der Waals surface area contributed by atoms with Crippen LogP contribution in [0.15, 0.2) is 71.6 Å². The first kappa shape index (κ1) is 22.7. The molecule has 8 heteroatoms. The summed E-state index contributed by atoms with van der Waals surface area (Å²) in [7, 11) is -4.08. The van der Waals surface area contributed by atoms with Gasteiger partial charge in [0.15, 0.2) is 11.5 Å². The van der Waals surface area contributed by atoms with E-state index in [1.54, 1.807) is 49.4 Å². The van der Waals surface area contributed by atoms with Crippen molar-refractivity contribution < 1.29 is 17.3 Å². The van der Waals surface area contributed by atoms with Gasteiger partial charge >= 0.3 is 10.1 Å². The SMILES string of the molecule is CCOc1cc(/C=C(\C#N)c2ccc(Cl)cc2)ccc1OS(=O)(=O)c1ccc(Cl)cc1. The monoisotopic (exact) mass is 473 g/mol. The van der Waals surface area contributed by atoms with E-state index in [2.05, 4.69) is 6.07 Å². The lowest BCUT2D eigenvalue weighted by molar-refractivity contribution is 0.327. The van der Waals surface area contributed by atoms with Crippen LogP contribution in [0.2, 0.25) is 10.0 Å². The molecular weight excluding hydrogens is 457 g/mol. The lowest BCUT2D eigenvalue weighted by Gasteiger charge is -2.13. The molecule has 0 atom stereocenters. The van der Waals surface area contributed by atoms with Gasteiger partial charge in [-0.1, -0.05) is 41.4 Å². The van der Waals surface area contributed by atoms with E-state index >= 15 is 0 Å². The Balaban J connectivity index is 1.94. The highest BCUT2D eigenvalue weighted by atomic mass is 35.5. The predicted molar refractivity (Wildman–Crippen MR) is 122 cm³/mol. The number of ether oxygens (including phenoxy) is 1. The maximum absolute atomic E-state index is 12.6. The van der Waals surface area contributed by atoms with Crippen molar-refractivity contribution in [3.63, 3.8) is 0 Å². The van der Waals surface area contributed by atoms with E-state index in [-0.39, 0.29) is 16.4 Å². The number of allylic oxidation sites excluding steroid dienone is 1. The fourth-order valence-corrected chi connectivity index (χ4v) is 3.89. The molecule has 0 aliphatic rings. The minimum absolute atomic E-state index is 0.0298. The molecule has 31 heavy (non-hydrogen) atoms. The molecular formula is C23H17Cl2NO4S. The van der Waals surface area contributed by atoms with E-state index in [1.165, 1.54) is 30.3 Å². The first-order valence-electron chi connectivity index (χ1n) is 9.17. The smallest absolute Gasteiger partial charge is 0.339 e. The Morgan fingerprint density at radius 1 is 0.968 bits per heavy atom. The molecule has 0 fully saturated rings. The molecule has 3 rings (SSSR count). The first-order chi connectivity index (χ1) is 14.8. The van der Waals surface area contributed by atoms with Crippen molar-refractivity contribution in [2.45, 2.75) is 11.8 Å². The molecule has 0 saturated heterocycles. The van der Waals surface area contributed by atoms with Crippen molar-refractivity contribution in [2.75, 3.05) is 6.61 Å². The fourth-order valence-electron chi connectivity index (χ4n) is 2.70. The van der Waals surface area contributed by atoms with E-state index in [0.717, 1.165) is 0 Å². The number of hydrogen-bond acceptors (Lipinski definition) is 5.